The quantitative estimate of drug-likeness (QED) is 0.182. The molecule has 0 spiro atoms. The Hall–Kier alpha value is -3.41. The van der Waals surface area contributed by atoms with E-state index in [-0.39, 0.29) is 18.9 Å². The summed E-state index contributed by atoms with van der Waals surface area (Å²) in [6.45, 7) is 5.81. The lowest BCUT2D eigenvalue weighted by atomic mass is 10.2. The molecule has 3 N–H and O–H groups in total. The van der Waals surface area contributed by atoms with Crippen LogP contribution in [-0.4, -0.2) is 55.4 Å². The lowest BCUT2D eigenvalue weighted by Crippen LogP contribution is -2.19. The van der Waals surface area contributed by atoms with Crippen molar-refractivity contribution in [3.05, 3.63) is 57.6 Å². The number of anilines is 1. The zero-order chi connectivity index (χ0) is 25.8. The van der Waals surface area contributed by atoms with Gasteiger partial charge >= 0.3 is 0 Å². The van der Waals surface area contributed by atoms with E-state index in [0.29, 0.717) is 58.7 Å². The first-order valence-corrected chi connectivity index (χ1v) is 12.4. The molecule has 0 bridgehead atoms. The van der Waals surface area contributed by atoms with Crippen molar-refractivity contribution in [2.45, 2.75) is 20.3 Å². The first-order chi connectivity index (χ1) is 17.4. The summed E-state index contributed by atoms with van der Waals surface area (Å²) in [6, 6.07) is 11.2. The maximum absolute atomic E-state index is 12.0. The van der Waals surface area contributed by atoms with Crippen molar-refractivity contribution in [3.8, 4) is 17.2 Å². The van der Waals surface area contributed by atoms with Gasteiger partial charge in [-0.25, -0.2) is 5.43 Å². The van der Waals surface area contributed by atoms with Gasteiger partial charge in [0.15, 0.2) is 11.5 Å². The maximum Gasteiger partial charge on any atom is 0.247 e. The van der Waals surface area contributed by atoms with Crippen LogP contribution < -0.4 is 25.4 Å². The van der Waals surface area contributed by atoms with E-state index >= 15 is 0 Å². The van der Waals surface area contributed by atoms with E-state index in [2.05, 4.69) is 20.7 Å². The van der Waals surface area contributed by atoms with Crippen LogP contribution in [0.4, 0.5) is 5.13 Å². The second-order valence-corrected chi connectivity index (χ2v) is 8.89. The number of rotatable bonds is 14. The second kappa shape index (κ2) is 14.2. The minimum absolute atomic E-state index is 0.0318. The van der Waals surface area contributed by atoms with E-state index in [1.54, 1.807) is 12.1 Å². The smallest absolute Gasteiger partial charge is 0.247 e. The Morgan fingerprint density at radius 1 is 1.11 bits per heavy atom. The van der Waals surface area contributed by atoms with Crippen LogP contribution in [0.15, 0.2) is 41.5 Å². The summed E-state index contributed by atoms with van der Waals surface area (Å²) in [6.07, 6.45) is 1.49. The third-order valence-corrected chi connectivity index (χ3v) is 5.55. The van der Waals surface area contributed by atoms with Gasteiger partial charge in [0.1, 0.15) is 24.0 Å². The molecule has 0 atom stereocenters. The number of aromatic nitrogens is 2. The fraction of sp³-hybridized carbons (Fsp3) is 0.333. The molecule has 0 fully saturated rings. The highest BCUT2D eigenvalue weighted by Gasteiger charge is 2.13. The molecule has 0 saturated heterocycles. The number of hydrazone groups is 1. The van der Waals surface area contributed by atoms with Crippen molar-refractivity contribution in [3.63, 3.8) is 0 Å². The van der Waals surface area contributed by atoms with Crippen molar-refractivity contribution in [2.24, 2.45) is 5.10 Å². The molecule has 12 heteroatoms. The fourth-order valence-corrected chi connectivity index (χ4v) is 3.80. The van der Waals surface area contributed by atoms with Gasteiger partial charge < -0.3 is 24.7 Å². The number of amides is 1. The predicted octanol–water partition coefficient (Wildman–Crippen LogP) is 3.65. The number of hydrogen-bond acceptors (Lipinski definition) is 10. The summed E-state index contributed by atoms with van der Waals surface area (Å²) < 4.78 is 22.7. The van der Waals surface area contributed by atoms with E-state index in [1.165, 1.54) is 11.8 Å². The molecule has 3 aromatic rings. The molecule has 0 radical (unpaired) electrons. The Morgan fingerprint density at radius 2 is 1.86 bits per heavy atom. The Labute approximate surface area is 218 Å². The highest BCUT2D eigenvalue weighted by molar-refractivity contribution is 7.15. The summed E-state index contributed by atoms with van der Waals surface area (Å²) in [4.78, 5) is 12.0. The molecule has 192 valence electrons. The van der Waals surface area contributed by atoms with E-state index in [0.717, 1.165) is 17.1 Å². The zero-order valence-electron chi connectivity index (χ0n) is 20.0. The molecule has 0 aliphatic carbocycles. The number of hydrogen-bond donors (Lipinski definition) is 2. The number of nitrogens with one attached hydrogen (secondary N) is 1. The van der Waals surface area contributed by atoms with Crippen LogP contribution in [0.1, 0.15) is 23.1 Å². The van der Waals surface area contributed by atoms with Gasteiger partial charge in [-0.15, -0.1) is 10.2 Å². The molecule has 1 aromatic heterocycles. The van der Waals surface area contributed by atoms with Gasteiger partial charge in [-0.05, 0) is 43.7 Å². The fourth-order valence-electron chi connectivity index (χ4n) is 2.92. The molecule has 0 unspecified atom stereocenters. The average molecular weight is 534 g/mol. The summed E-state index contributed by atoms with van der Waals surface area (Å²) >= 11 is 7.57. The molecule has 10 nitrogen and oxygen atoms in total. The summed E-state index contributed by atoms with van der Waals surface area (Å²) in [5, 5.41) is 12.6. The molecule has 2 aromatic carbocycles. The van der Waals surface area contributed by atoms with Crippen LogP contribution in [0, 0.1) is 6.92 Å². The summed E-state index contributed by atoms with van der Waals surface area (Å²) in [5.74, 6) is 1.33. The highest BCUT2D eigenvalue weighted by atomic mass is 35.5. The van der Waals surface area contributed by atoms with Crippen molar-refractivity contribution >= 4 is 40.2 Å². The molecule has 0 aliphatic rings. The molecule has 0 saturated carbocycles. The Bertz CT molecular complexity index is 1160. The lowest BCUT2D eigenvalue weighted by Gasteiger charge is -2.14. The van der Waals surface area contributed by atoms with Crippen LogP contribution in [0.5, 0.6) is 17.2 Å². The number of nitrogens with zero attached hydrogens (tertiary/aromatic N) is 3. The van der Waals surface area contributed by atoms with Crippen LogP contribution in [0.25, 0.3) is 0 Å². The number of ether oxygens (including phenoxy) is 4. The number of aryl methyl sites for hydroxylation is 1. The van der Waals surface area contributed by atoms with Gasteiger partial charge in [-0.3, -0.25) is 4.79 Å². The average Bonchev–Trinajstić information content (AvgIpc) is 3.25. The van der Waals surface area contributed by atoms with Crippen molar-refractivity contribution in [1.82, 2.24) is 15.6 Å². The number of halogens is 1. The molecule has 0 aliphatic heterocycles. The van der Waals surface area contributed by atoms with Gasteiger partial charge in [-0.1, -0.05) is 40.6 Å². The van der Waals surface area contributed by atoms with E-state index in [4.69, 9.17) is 36.3 Å². The van der Waals surface area contributed by atoms with Gasteiger partial charge in [0.2, 0.25) is 11.0 Å². The van der Waals surface area contributed by atoms with Crippen LogP contribution in [-0.2, 0) is 16.0 Å². The van der Waals surface area contributed by atoms with Crippen molar-refractivity contribution < 1.29 is 23.7 Å². The largest absolute Gasteiger partial charge is 0.491 e. The molecule has 1 heterocycles. The Kier molecular flexibility index (Phi) is 10.7. The molecule has 1 amide bonds. The minimum Gasteiger partial charge on any atom is -0.491 e. The second-order valence-electron chi connectivity index (χ2n) is 7.39. The van der Waals surface area contributed by atoms with Crippen LogP contribution in [0.3, 0.4) is 0 Å². The SMILES string of the molecule is CCOc1cc(/C=N\NC(=O)Cc2nnc(N)s2)cc(Cl)c1OCCOCCOc1ccc(C)cc1. The Balaban J connectivity index is 1.44. The normalized spacial score (nSPS) is 11.0. The molecular formula is C24H28ClN5O5S. The monoisotopic (exact) mass is 533 g/mol. The molecular weight excluding hydrogens is 506 g/mol. The number of carbonyl (C=O) groups excluding carboxylic acids is 1. The predicted molar refractivity (Wildman–Crippen MR) is 139 cm³/mol. The van der Waals surface area contributed by atoms with E-state index in [1.807, 2.05) is 38.1 Å². The Morgan fingerprint density at radius 3 is 2.56 bits per heavy atom. The van der Waals surface area contributed by atoms with Crippen molar-refractivity contribution in [1.29, 1.82) is 0 Å². The first kappa shape index (κ1) is 27.2. The maximum atomic E-state index is 12.0. The first-order valence-electron chi connectivity index (χ1n) is 11.2. The van der Waals surface area contributed by atoms with Gasteiger partial charge in [-0.2, -0.15) is 5.10 Å². The highest BCUT2D eigenvalue weighted by Crippen LogP contribution is 2.36. The van der Waals surface area contributed by atoms with Crippen molar-refractivity contribution in [2.75, 3.05) is 38.8 Å². The topological polar surface area (TPSA) is 130 Å². The third kappa shape index (κ3) is 8.99. The summed E-state index contributed by atoms with van der Waals surface area (Å²) in [7, 11) is 0. The minimum atomic E-state index is -0.345. The van der Waals surface area contributed by atoms with Gasteiger partial charge in [0, 0.05) is 0 Å². The van der Waals surface area contributed by atoms with E-state index in [9.17, 15) is 4.79 Å². The van der Waals surface area contributed by atoms with Crippen LogP contribution >= 0.6 is 22.9 Å². The number of benzene rings is 2. The zero-order valence-corrected chi connectivity index (χ0v) is 21.6. The number of nitrogens with two attached hydrogens (primary N) is 1. The van der Waals surface area contributed by atoms with Gasteiger partial charge in [0.25, 0.3) is 0 Å². The number of carbonyl (C=O) groups is 1. The van der Waals surface area contributed by atoms with E-state index < -0.39 is 0 Å². The summed E-state index contributed by atoms with van der Waals surface area (Å²) in [5.41, 5.74) is 9.75. The molecule has 36 heavy (non-hydrogen) atoms. The third-order valence-electron chi connectivity index (χ3n) is 4.52. The van der Waals surface area contributed by atoms with Gasteiger partial charge in [0.05, 0.1) is 37.5 Å². The lowest BCUT2D eigenvalue weighted by molar-refractivity contribution is -0.120. The van der Waals surface area contributed by atoms with Crippen LogP contribution in [0.2, 0.25) is 5.02 Å². The molecule has 3 rings (SSSR count). The standard InChI is InChI=1S/C24H28ClN5O5S/c1-3-33-20-13-17(15-27-28-21(31)14-22-29-30-24(26)36-22)12-19(25)23(20)35-11-9-32-8-10-34-18-6-4-16(2)5-7-18/h4-7,12-13,15H,3,8-11,14H2,1-2H3,(H2,26,30)(H,28,31)/b27-15-. The number of nitrogen functional groups attached to an aromatic ring is 1.